The monoisotopic (exact) mass is 470 g/mol. The maximum atomic E-state index is 11.4. The second-order valence-corrected chi connectivity index (χ2v) is 11.7. The summed E-state index contributed by atoms with van der Waals surface area (Å²) < 4.78 is 10.6. The summed E-state index contributed by atoms with van der Waals surface area (Å²) in [5.74, 6) is -0.565. The Morgan fingerprint density at radius 1 is 0.788 bits per heavy atom. The van der Waals surface area contributed by atoms with Crippen LogP contribution in [0.2, 0.25) is 0 Å². The van der Waals surface area contributed by atoms with Crippen molar-refractivity contribution >= 4 is 11.9 Å². The van der Waals surface area contributed by atoms with E-state index in [9.17, 15) is 9.59 Å². The highest BCUT2D eigenvalue weighted by Crippen LogP contribution is 2.24. The zero-order chi connectivity index (χ0) is 25.2. The first kappa shape index (κ1) is 29.8. The smallest absolute Gasteiger partial charge is 0.322 e. The summed E-state index contributed by atoms with van der Waals surface area (Å²) in [4.78, 5) is 22.4. The van der Waals surface area contributed by atoms with Crippen LogP contribution in [0.1, 0.15) is 99.8 Å². The van der Waals surface area contributed by atoms with Crippen LogP contribution in [0.25, 0.3) is 0 Å². The molecule has 0 bridgehead atoms. The highest BCUT2D eigenvalue weighted by Gasteiger charge is 2.27. The minimum Gasteiger partial charge on any atom is -0.461 e. The van der Waals surface area contributed by atoms with Crippen molar-refractivity contribution in [2.75, 3.05) is 6.54 Å². The molecule has 0 aliphatic heterocycles. The predicted octanol–water partition coefficient (Wildman–Crippen LogP) is 2.76. The molecule has 2 aliphatic rings. The molecule has 0 heterocycles. The summed E-state index contributed by atoms with van der Waals surface area (Å²) in [6, 6.07) is 0.577. The van der Waals surface area contributed by atoms with Gasteiger partial charge in [0.05, 0.1) is 6.54 Å². The molecular formula is C25H50N4O4. The summed E-state index contributed by atoms with van der Waals surface area (Å²) in [5.41, 5.74) is 11.0. The van der Waals surface area contributed by atoms with Gasteiger partial charge in [-0.05, 0) is 99.8 Å². The minimum absolute atomic E-state index is 0.0137. The van der Waals surface area contributed by atoms with Crippen molar-refractivity contribution in [1.82, 2.24) is 10.6 Å². The Labute approximate surface area is 201 Å². The molecule has 8 nitrogen and oxygen atoms in total. The Morgan fingerprint density at radius 3 is 1.45 bits per heavy atom. The lowest BCUT2D eigenvalue weighted by Crippen LogP contribution is -2.46. The van der Waals surface area contributed by atoms with Crippen LogP contribution in [0, 0.1) is 0 Å². The summed E-state index contributed by atoms with van der Waals surface area (Å²) in [6.45, 7) is 14.7. The first-order valence-corrected chi connectivity index (χ1v) is 12.6. The normalized spacial score (nSPS) is 27.1. The van der Waals surface area contributed by atoms with Gasteiger partial charge in [0.15, 0.2) is 0 Å². The SMILES string of the molecule is CC(C)(C)NC1CCC(OC(=O)CN)CC1.C[C@H](N)C(=O)OC1CCC(NC(C)(C)C)CC1. The molecule has 0 amide bonds. The number of esters is 2. The van der Waals surface area contributed by atoms with E-state index in [0.29, 0.717) is 12.1 Å². The van der Waals surface area contributed by atoms with Gasteiger partial charge in [-0.2, -0.15) is 0 Å². The van der Waals surface area contributed by atoms with Crippen molar-refractivity contribution in [3.63, 3.8) is 0 Å². The van der Waals surface area contributed by atoms with Gasteiger partial charge in [0, 0.05) is 23.2 Å². The third kappa shape index (κ3) is 13.9. The molecule has 0 spiro atoms. The van der Waals surface area contributed by atoms with Gasteiger partial charge < -0.3 is 31.6 Å². The molecular weight excluding hydrogens is 420 g/mol. The van der Waals surface area contributed by atoms with E-state index in [4.69, 9.17) is 20.9 Å². The first-order chi connectivity index (χ1) is 15.2. The molecule has 0 saturated heterocycles. The van der Waals surface area contributed by atoms with Gasteiger partial charge in [-0.25, -0.2) is 0 Å². The van der Waals surface area contributed by atoms with Crippen LogP contribution in [0.3, 0.4) is 0 Å². The number of carbonyl (C=O) groups is 2. The van der Waals surface area contributed by atoms with E-state index < -0.39 is 6.04 Å². The Bertz CT molecular complexity index is 582. The Kier molecular flexibility index (Phi) is 12.3. The molecule has 33 heavy (non-hydrogen) atoms. The van der Waals surface area contributed by atoms with E-state index in [0.717, 1.165) is 51.4 Å². The van der Waals surface area contributed by atoms with E-state index >= 15 is 0 Å². The highest BCUT2D eigenvalue weighted by molar-refractivity contribution is 5.75. The molecule has 8 heteroatoms. The van der Waals surface area contributed by atoms with E-state index in [-0.39, 0.29) is 41.8 Å². The number of hydrogen-bond donors (Lipinski definition) is 4. The predicted molar refractivity (Wildman–Crippen MR) is 133 cm³/mol. The van der Waals surface area contributed by atoms with Gasteiger partial charge in [-0.1, -0.05) is 0 Å². The van der Waals surface area contributed by atoms with Gasteiger partial charge >= 0.3 is 11.9 Å². The fourth-order valence-corrected chi connectivity index (χ4v) is 4.38. The Balaban J connectivity index is 0.000000331. The summed E-state index contributed by atoms with van der Waals surface area (Å²) in [5, 5.41) is 7.17. The molecule has 0 aromatic rings. The van der Waals surface area contributed by atoms with Crippen LogP contribution < -0.4 is 22.1 Å². The molecule has 2 fully saturated rings. The molecule has 2 saturated carbocycles. The fourth-order valence-electron chi connectivity index (χ4n) is 4.38. The van der Waals surface area contributed by atoms with Crippen LogP contribution in [0.5, 0.6) is 0 Å². The first-order valence-electron chi connectivity index (χ1n) is 12.6. The van der Waals surface area contributed by atoms with Crippen molar-refractivity contribution in [2.45, 2.75) is 141 Å². The molecule has 0 aromatic carbocycles. The zero-order valence-electron chi connectivity index (χ0n) is 22.0. The number of nitrogens with two attached hydrogens (primary N) is 2. The molecule has 2 aliphatic carbocycles. The topological polar surface area (TPSA) is 129 Å². The van der Waals surface area contributed by atoms with E-state index in [1.807, 2.05) is 0 Å². The molecule has 194 valence electrons. The zero-order valence-corrected chi connectivity index (χ0v) is 22.0. The van der Waals surface area contributed by atoms with Gasteiger partial charge in [0.1, 0.15) is 18.2 Å². The summed E-state index contributed by atoms with van der Waals surface area (Å²) in [7, 11) is 0. The third-order valence-corrected chi connectivity index (χ3v) is 5.74. The Morgan fingerprint density at radius 2 is 1.15 bits per heavy atom. The van der Waals surface area contributed by atoms with E-state index in [1.165, 1.54) is 0 Å². The maximum Gasteiger partial charge on any atom is 0.322 e. The number of ether oxygens (including phenoxy) is 2. The lowest BCUT2D eigenvalue weighted by molar-refractivity contribution is -0.152. The van der Waals surface area contributed by atoms with Crippen molar-refractivity contribution in [2.24, 2.45) is 11.5 Å². The van der Waals surface area contributed by atoms with Crippen LogP contribution in [0.4, 0.5) is 0 Å². The number of carbonyl (C=O) groups excluding carboxylic acids is 2. The van der Waals surface area contributed by atoms with Gasteiger partial charge in [-0.3, -0.25) is 9.59 Å². The second-order valence-electron chi connectivity index (χ2n) is 11.7. The Hall–Kier alpha value is -1.22. The van der Waals surface area contributed by atoms with Crippen molar-refractivity contribution in [1.29, 1.82) is 0 Å². The van der Waals surface area contributed by atoms with Gasteiger partial charge in [-0.15, -0.1) is 0 Å². The van der Waals surface area contributed by atoms with Crippen LogP contribution in [-0.4, -0.2) is 59.9 Å². The number of hydrogen-bond acceptors (Lipinski definition) is 8. The molecule has 0 unspecified atom stereocenters. The van der Waals surface area contributed by atoms with Gasteiger partial charge in [0.25, 0.3) is 0 Å². The molecule has 6 N–H and O–H groups in total. The molecule has 0 aromatic heterocycles. The van der Waals surface area contributed by atoms with Crippen molar-refractivity contribution in [3.05, 3.63) is 0 Å². The second kappa shape index (κ2) is 13.6. The average Bonchev–Trinajstić information content (AvgIpc) is 2.69. The van der Waals surface area contributed by atoms with Crippen LogP contribution >= 0.6 is 0 Å². The minimum atomic E-state index is -0.513. The summed E-state index contributed by atoms with van der Waals surface area (Å²) in [6.07, 6.45) is 8.17. The summed E-state index contributed by atoms with van der Waals surface area (Å²) >= 11 is 0. The average molecular weight is 471 g/mol. The number of rotatable bonds is 6. The largest absolute Gasteiger partial charge is 0.461 e. The molecule has 1 atom stereocenters. The van der Waals surface area contributed by atoms with E-state index in [2.05, 4.69) is 52.2 Å². The fraction of sp³-hybridized carbons (Fsp3) is 0.920. The van der Waals surface area contributed by atoms with E-state index in [1.54, 1.807) is 6.92 Å². The van der Waals surface area contributed by atoms with Crippen LogP contribution in [-0.2, 0) is 19.1 Å². The van der Waals surface area contributed by atoms with Gasteiger partial charge in [0.2, 0.25) is 0 Å². The quantitative estimate of drug-likeness (QED) is 0.436. The highest BCUT2D eigenvalue weighted by atomic mass is 16.5. The molecule has 0 radical (unpaired) electrons. The maximum absolute atomic E-state index is 11.4. The van der Waals surface area contributed by atoms with Crippen molar-refractivity contribution in [3.8, 4) is 0 Å². The lowest BCUT2D eigenvalue weighted by Gasteiger charge is -2.34. The third-order valence-electron chi connectivity index (χ3n) is 5.74. The lowest BCUT2D eigenvalue weighted by atomic mass is 9.91. The van der Waals surface area contributed by atoms with Crippen molar-refractivity contribution < 1.29 is 19.1 Å². The van der Waals surface area contributed by atoms with Crippen LogP contribution in [0.15, 0.2) is 0 Å². The molecule has 2 rings (SSSR count). The standard InChI is InChI=1S/C13H26N2O2.C12H24N2O2/c1-9(14)12(16)17-11-7-5-10(6-8-11)15-13(2,3)4;1-12(2,3)14-9-4-6-10(7-5-9)16-11(15)8-13/h9-11,15H,5-8,14H2,1-4H3;9-10,14H,4-8,13H2,1-3H3/t9-,10?,11?;/m0./s1. The number of nitrogens with one attached hydrogen (secondary N) is 2.